The summed E-state index contributed by atoms with van der Waals surface area (Å²) in [6, 6.07) is 7.09. The minimum atomic E-state index is -0.381. The second-order valence-corrected chi connectivity index (χ2v) is 7.94. The molecule has 0 spiro atoms. The van der Waals surface area contributed by atoms with Gasteiger partial charge in [-0.25, -0.2) is 0 Å². The summed E-state index contributed by atoms with van der Waals surface area (Å²) in [5.74, 6) is 2.04. The number of ether oxygens (including phenoxy) is 3. The zero-order valence-corrected chi connectivity index (χ0v) is 17.9. The fourth-order valence-electron chi connectivity index (χ4n) is 4.37. The number of nitrogens with zero attached hydrogens (tertiary/aromatic N) is 1. The number of benzene rings is 2. The minimum absolute atomic E-state index is 0.0195. The number of fused-ring (bicyclic) bond motifs is 3. The van der Waals surface area contributed by atoms with Crippen molar-refractivity contribution in [3.63, 3.8) is 0 Å². The number of methoxy groups -OCH3 is 3. The lowest BCUT2D eigenvalue weighted by Crippen LogP contribution is -2.29. The van der Waals surface area contributed by atoms with Crippen LogP contribution in [0.1, 0.15) is 29.5 Å². The van der Waals surface area contributed by atoms with E-state index < -0.39 is 0 Å². The molecule has 8 heteroatoms. The molecule has 2 unspecified atom stereocenters. The number of hydrogen-bond acceptors (Lipinski definition) is 6. The number of anilines is 1. The number of hydrogen-bond donors (Lipinski definition) is 1. The molecule has 2 aromatic rings. The molecule has 0 saturated carbocycles. The van der Waals surface area contributed by atoms with Gasteiger partial charge in [0.25, 0.3) is 5.69 Å². The number of rotatable bonds is 5. The Morgan fingerprint density at radius 3 is 2.52 bits per heavy atom. The first-order valence-corrected chi connectivity index (χ1v) is 9.98. The smallest absolute Gasteiger partial charge is 0.273 e. The zero-order valence-electron chi connectivity index (χ0n) is 16.3. The van der Waals surface area contributed by atoms with Gasteiger partial charge in [0.15, 0.2) is 11.5 Å². The second-order valence-electron chi connectivity index (χ2n) is 7.08. The monoisotopic (exact) mass is 460 g/mol. The van der Waals surface area contributed by atoms with Crippen molar-refractivity contribution in [1.82, 2.24) is 0 Å². The molecule has 1 N–H and O–H groups in total. The molecule has 152 valence electrons. The molecule has 1 aliphatic heterocycles. The molecule has 0 aromatic heterocycles. The summed E-state index contributed by atoms with van der Waals surface area (Å²) in [4.78, 5) is 11.0. The lowest BCUT2D eigenvalue weighted by molar-refractivity contribution is -0.385. The van der Waals surface area contributed by atoms with E-state index in [0.29, 0.717) is 17.2 Å². The van der Waals surface area contributed by atoms with Crippen molar-refractivity contribution >= 4 is 27.3 Å². The van der Waals surface area contributed by atoms with Crippen LogP contribution in [0.25, 0.3) is 0 Å². The van der Waals surface area contributed by atoms with Crippen LogP contribution in [-0.2, 0) is 0 Å². The molecule has 4 rings (SSSR count). The van der Waals surface area contributed by atoms with Crippen LogP contribution < -0.4 is 19.5 Å². The molecule has 7 nitrogen and oxygen atoms in total. The summed E-state index contributed by atoms with van der Waals surface area (Å²) in [7, 11) is 4.74. The molecule has 1 aliphatic carbocycles. The van der Waals surface area contributed by atoms with Crippen molar-refractivity contribution in [2.45, 2.75) is 18.4 Å². The summed E-state index contributed by atoms with van der Waals surface area (Å²) in [5, 5.41) is 15.0. The number of nitro benzene ring substituents is 1. The first-order valence-electron chi connectivity index (χ1n) is 9.19. The highest BCUT2D eigenvalue weighted by atomic mass is 79.9. The molecule has 1 heterocycles. The van der Waals surface area contributed by atoms with Crippen LogP contribution in [0, 0.1) is 16.0 Å². The van der Waals surface area contributed by atoms with E-state index in [4.69, 9.17) is 14.2 Å². The van der Waals surface area contributed by atoms with Gasteiger partial charge in [0.2, 0.25) is 0 Å². The van der Waals surface area contributed by atoms with Gasteiger partial charge >= 0.3 is 0 Å². The van der Waals surface area contributed by atoms with E-state index in [1.54, 1.807) is 20.3 Å². The summed E-state index contributed by atoms with van der Waals surface area (Å²) in [6.07, 6.45) is 5.15. The van der Waals surface area contributed by atoms with Crippen molar-refractivity contribution in [2.75, 3.05) is 26.6 Å². The van der Waals surface area contributed by atoms with Crippen LogP contribution in [0.5, 0.6) is 17.2 Å². The maximum absolute atomic E-state index is 11.4. The third-order valence-electron chi connectivity index (χ3n) is 5.66. The molecule has 29 heavy (non-hydrogen) atoms. The Bertz CT molecular complexity index is 1010. The average Bonchev–Trinajstić information content (AvgIpc) is 3.21. The van der Waals surface area contributed by atoms with Crippen LogP contribution in [-0.4, -0.2) is 26.3 Å². The van der Waals surface area contributed by atoms with Crippen molar-refractivity contribution in [3.8, 4) is 17.2 Å². The number of nitro groups is 1. The van der Waals surface area contributed by atoms with Crippen LogP contribution >= 0.6 is 15.9 Å². The highest BCUT2D eigenvalue weighted by Gasteiger charge is 2.40. The fourth-order valence-corrected chi connectivity index (χ4v) is 4.99. The first-order chi connectivity index (χ1) is 14.0. The maximum Gasteiger partial charge on any atom is 0.273 e. The standard InChI is InChI=1S/C21H21BrN2O5/c1-27-17-10-12(24(25)26)9-15-13-5-4-6-14(13)19(23-20(15)17)11-7-16(22)21(29-3)18(8-11)28-2/h4-5,7-10,13-14,19,23H,6H2,1-3H3/t13?,14?,19-/m1/s1. The number of nitrogens with one attached hydrogen (secondary N) is 1. The Hall–Kier alpha value is -2.74. The van der Waals surface area contributed by atoms with Crippen molar-refractivity contribution in [2.24, 2.45) is 5.92 Å². The van der Waals surface area contributed by atoms with Gasteiger partial charge in [-0.3, -0.25) is 10.1 Å². The molecule has 2 aliphatic rings. The Morgan fingerprint density at radius 2 is 1.86 bits per heavy atom. The molecule has 0 bridgehead atoms. The Morgan fingerprint density at radius 1 is 1.10 bits per heavy atom. The van der Waals surface area contributed by atoms with E-state index in [1.807, 2.05) is 12.1 Å². The van der Waals surface area contributed by atoms with Crippen LogP contribution in [0.3, 0.4) is 0 Å². The summed E-state index contributed by atoms with van der Waals surface area (Å²) in [5.41, 5.74) is 2.76. The number of non-ortho nitro benzene ring substituents is 1. The van der Waals surface area contributed by atoms with E-state index in [-0.39, 0.29) is 28.5 Å². The van der Waals surface area contributed by atoms with Gasteiger partial charge in [-0.1, -0.05) is 12.2 Å². The topological polar surface area (TPSA) is 82.9 Å². The maximum atomic E-state index is 11.4. The lowest BCUT2D eigenvalue weighted by Gasteiger charge is -2.38. The SMILES string of the molecule is COc1cc([N+](=O)[O-])cc2c1N[C@H](c1cc(Br)c(OC)c(OC)c1)C1CC=CC21. The van der Waals surface area contributed by atoms with Crippen molar-refractivity contribution < 1.29 is 19.1 Å². The molecule has 3 atom stereocenters. The summed E-state index contributed by atoms with van der Waals surface area (Å²) in [6.45, 7) is 0. The normalized spacial score (nSPS) is 21.7. The van der Waals surface area contributed by atoms with Gasteiger partial charge in [0.05, 0.1) is 48.5 Å². The van der Waals surface area contributed by atoms with Crippen molar-refractivity contribution in [3.05, 3.63) is 62.1 Å². The van der Waals surface area contributed by atoms with E-state index >= 15 is 0 Å². The van der Waals surface area contributed by atoms with E-state index in [1.165, 1.54) is 13.2 Å². The Kier molecular flexibility index (Phi) is 5.12. The molecule has 0 saturated heterocycles. The van der Waals surface area contributed by atoms with Gasteiger partial charge in [-0.2, -0.15) is 0 Å². The predicted molar refractivity (Wildman–Crippen MR) is 113 cm³/mol. The second kappa shape index (κ2) is 7.59. The van der Waals surface area contributed by atoms with E-state index in [0.717, 1.165) is 27.7 Å². The van der Waals surface area contributed by atoms with Crippen LogP contribution in [0.4, 0.5) is 11.4 Å². The highest BCUT2D eigenvalue weighted by molar-refractivity contribution is 9.10. The van der Waals surface area contributed by atoms with E-state index in [2.05, 4.69) is 33.4 Å². The number of halogens is 1. The quantitative estimate of drug-likeness (QED) is 0.374. The molecule has 0 fully saturated rings. The third-order valence-corrected chi connectivity index (χ3v) is 6.25. The van der Waals surface area contributed by atoms with Gasteiger partial charge in [-0.15, -0.1) is 0 Å². The fraction of sp³-hybridized carbons (Fsp3) is 0.333. The predicted octanol–water partition coefficient (Wildman–Crippen LogP) is 5.21. The third kappa shape index (κ3) is 3.21. The average molecular weight is 461 g/mol. The molecule has 2 aromatic carbocycles. The summed E-state index contributed by atoms with van der Waals surface area (Å²) < 4.78 is 17.3. The largest absolute Gasteiger partial charge is 0.494 e. The van der Waals surface area contributed by atoms with Gasteiger partial charge < -0.3 is 19.5 Å². The van der Waals surface area contributed by atoms with Gasteiger partial charge in [0, 0.05) is 12.0 Å². The van der Waals surface area contributed by atoms with Crippen LogP contribution in [0.15, 0.2) is 40.9 Å². The number of allylic oxidation sites excluding steroid dienone is 2. The highest BCUT2D eigenvalue weighted by Crippen LogP contribution is 2.54. The molecular weight excluding hydrogens is 440 g/mol. The molecule has 0 radical (unpaired) electrons. The molecular formula is C21H21BrN2O5. The van der Waals surface area contributed by atoms with E-state index in [9.17, 15) is 10.1 Å². The summed E-state index contributed by atoms with van der Waals surface area (Å²) >= 11 is 3.58. The van der Waals surface area contributed by atoms with Crippen LogP contribution in [0.2, 0.25) is 0 Å². The zero-order chi connectivity index (χ0) is 20.7. The molecule has 0 amide bonds. The first kappa shape index (κ1) is 19.6. The van der Waals surface area contributed by atoms with Gasteiger partial charge in [0.1, 0.15) is 5.75 Å². The van der Waals surface area contributed by atoms with Crippen molar-refractivity contribution in [1.29, 1.82) is 0 Å². The minimum Gasteiger partial charge on any atom is -0.494 e. The van der Waals surface area contributed by atoms with Gasteiger partial charge in [-0.05, 0) is 51.5 Å². The Balaban J connectivity index is 1.84. The lowest BCUT2D eigenvalue weighted by atomic mass is 9.76. The Labute approximate surface area is 176 Å².